The summed E-state index contributed by atoms with van der Waals surface area (Å²) in [6.45, 7) is 0.626. The number of carbonyl (C=O) groups is 1. The number of benzene rings is 1. The zero-order valence-corrected chi connectivity index (χ0v) is 16.7. The average molecular weight is 411 g/mol. The van der Waals surface area contributed by atoms with Crippen LogP contribution in [-0.4, -0.2) is 26.7 Å². The maximum absolute atomic E-state index is 13.9. The highest BCUT2D eigenvalue weighted by atomic mass is 19.1. The molecule has 4 rings (SSSR count). The van der Waals surface area contributed by atoms with Crippen molar-refractivity contribution in [2.75, 3.05) is 0 Å². The molecule has 6 nitrogen and oxygen atoms in total. The van der Waals surface area contributed by atoms with Crippen LogP contribution in [0.5, 0.6) is 0 Å². The molecule has 0 saturated heterocycles. The Morgan fingerprint density at radius 2 is 2.00 bits per heavy atom. The summed E-state index contributed by atoms with van der Waals surface area (Å²) in [5.74, 6) is -1.11. The number of pyridine rings is 1. The van der Waals surface area contributed by atoms with Crippen LogP contribution in [0.3, 0.4) is 0 Å². The first-order valence-electron chi connectivity index (χ1n) is 9.90. The van der Waals surface area contributed by atoms with Gasteiger partial charge in [0.05, 0.1) is 0 Å². The van der Waals surface area contributed by atoms with E-state index >= 15 is 0 Å². The molecule has 0 bridgehead atoms. The number of nitrogens with one attached hydrogen (secondary N) is 2. The van der Waals surface area contributed by atoms with Crippen LogP contribution in [0.25, 0.3) is 0 Å². The molecular formula is C22H23F2N5O. The van der Waals surface area contributed by atoms with E-state index in [1.807, 2.05) is 19.2 Å². The molecule has 2 aromatic heterocycles. The third kappa shape index (κ3) is 4.38. The lowest BCUT2D eigenvalue weighted by atomic mass is 9.91. The summed E-state index contributed by atoms with van der Waals surface area (Å²) in [6.07, 6.45) is 5.57. The quantitative estimate of drug-likeness (QED) is 0.654. The number of hydrogen-bond acceptors (Lipinski definition) is 4. The number of carbonyl (C=O) groups excluding carboxylic acids is 1. The van der Waals surface area contributed by atoms with E-state index in [4.69, 9.17) is 0 Å². The minimum Gasteiger partial charge on any atom is -0.347 e. The van der Waals surface area contributed by atoms with Crippen LogP contribution in [0.1, 0.15) is 39.3 Å². The van der Waals surface area contributed by atoms with Crippen molar-refractivity contribution in [3.63, 3.8) is 0 Å². The molecule has 1 aromatic carbocycles. The number of amides is 1. The molecule has 2 N–H and O–H groups in total. The monoisotopic (exact) mass is 411 g/mol. The molecule has 1 aliphatic rings. The first kappa shape index (κ1) is 20.2. The van der Waals surface area contributed by atoms with Gasteiger partial charge in [-0.05, 0) is 55.2 Å². The first-order valence-corrected chi connectivity index (χ1v) is 9.90. The van der Waals surface area contributed by atoms with Crippen molar-refractivity contribution in [2.24, 2.45) is 7.05 Å². The number of fused-ring (bicyclic) bond motifs is 1. The number of halogens is 2. The number of rotatable bonds is 6. The molecule has 2 heterocycles. The van der Waals surface area contributed by atoms with Gasteiger partial charge < -0.3 is 10.6 Å². The van der Waals surface area contributed by atoms with Crippen molar-refractivity contribution in [1.29, 1.82) is 0 Å². The summed E-state index contributed by atoms with van der Waals surface area (Å²) >= 11 is 0. The standard InChI is InChI=1S/C22H23F2N5O/c1-29-20-5-3-17(26-13-15-10-16(23)2-4-19(15)24)11-18(20)21(28-29)22(30)27-12-14-6-8-25-9-7-14/h2,4,6-10,17,26H,3,5,11-13H2,1H3,(H,27,30)/t17-/m1/s1. The summed E-state index contributed by atoms with van der Waals surface area (Å²) in [4.78, 5) is 16.7. The molecule has 156 valence electrons. The number of aryl methyl sites for hydroxylation is 1. The fourth-order valence-corrected chi connectivity index (χ4v) is 3.85. The van der Waals surface area contributed by atoms with Crippen LogP contribution in [-0.2, 0) is 33.0 Å². The van der Waals surface area contributed by atoms with E-state index in [1.165, 1.54) is 6.07 Å². The van der Waals surface area contributed by atoms with Crippen molar-refractivity contribution in [1.82, 2.24) is 25.4 Å². The van der Waals surface area contributed by atoms with E-state index in [2.05, 4.69) is 20.7 Å². The van der Waals surface area contributed by atoms with Crippen LogP contribution < -0.4 is 10.6 Å². The molecule has 30 heavy (non-hydrogen) atoms. The Hall–Kier alpha value is -3.13. The van der Waals surface area contributed by atoms with E-state index in [-0.39, 0.29) is 18.5 Å². The van der Waals surface area contributed by atoms with Gasteiger partial charge in [0, 0.05) is 55.4 Å². The molecule has 3 aromatic rings. The Morgan fingerprint density at radius 1 is 1.20 bits per heavy atom. The predicted octanol–water partition coefficient (Wildman–Crippen LogP) is 2.67. The van der Waals surface area contributed by atoms with Crippen molar-refractivity contribution in [3.8, 4) is 0 Å². The van der Waals surface area contributed by atoms with Gasteiger partial charge in [0.15, 0.2) is 5.69 Å². The smallest absolute Gasteiger partial charge is 0.272 e. The molecule has 0 spiro atoms. The highest BCUT2D eigenvalue weighted by Crippen LogP contribution is 2.25. The van der Waals surface area contributed by atoms with Crippen molar-refractivity contribution in [2.45, 2.75) is 38.4 Å². The SMILES string of the molecule is Cn1nc(C(=O)NCc2ccncc2)c2c1CC[C@@H](NCc1cc(F)ccc1F)C2. The maximum atomic E-state index is 13.9. The fourth-order valence-electron chi connectivity index (χ4n) is 3.85. The summed E-state index contributed by atoms with van der Waals surface area (Å²) < 4.78 is 29.0. The normalized spacial score (nSPS) is 15.6. The van der Waals surface area contributed by atoms with Crippen molar-refractivity contribution < 1.29 is 13.6 Å². The third-order valence-electron chi connectivity index (χ3n) is 5.46. The zero-order valence-electron chi connectivity index (χ0n) is 16.7. The molecule has 0 saturated carbocycles. The molecule has 0 fully saturated rings. The fraction of sp³-hybridized carbons (Fsp3) is 0.318. The van der Waals surface area contributed by atoms with Gasteiger partial charge in [-0.1, -0.05) is 0 Å². The molecule has 1 atom stereocenters. The predicted molar refractivity (Wildman–Crippen MR) is 108 cm³/mol. The summed E-state index contributed by atoms with van der Waals surface area (Å²) in [7, 11) is 1.84. The zero-order chi connectivity index (χ0) is 21.1. The van der Waals surface area contributed by atoms with Crippen molar-refractivity contribution >= 4 is 5.91 Å². The molecule has 1 amide bonds. The van der Waals surface area contributed by atoms with E-state index in [0.29, 0.717) is 24.2 Å². The number of hydrogen-bond donors (Lipinski definition) is 2. The summed E-state index contributed by atoms with van der Waals surface area (Å²) in [6, 6.07) is 7.20. The van der Waals surface area contributed by atoms with Crippen LogP contribution in [0.2, 0.25) is 0 Å². The molecule has 1 aliphatic carbocycles. The van der Waals surface area contributed by atoms with Crippen molar-refractivity contribution in [3.05, 3.63) is 82.4 Å². The van der Waals surface area contributed by atoms with Crippen LogP contribution >= 0.6 is 0 Å². The topological polar surface area (TPSA) is 71.8 Å². The van der Waals surface area contributed by atoms with Gasteiger partial charge >= 0.3 is 0 Å². The van der Waals surface area contributed by atoms with E-state index in [1.54, 1.807) is 17.1 Å². The molecule has 0 aliphatic heterocycles. The molecule has 0 unspecified atom stereocenters. The van der Waals surface area contributed by atoms with Gasteiger partial charge in [-0.25, -0.2) is 8.78 Å². The van der Waals surface area contributed by atoms with Gasteiger partial charge in [-0.3, -0.25) is 14.5 Å². The molecule has 8 heteroatoms. The Labute approximate surface area is 173 Å². The minimum atomic E-state index is -0.459. The molecular weight excluding hydrogens is 388 g/mol. The summed E-state index contributed by atoms with van der Waals surface area (Å²) in [5.41, 5.74) is 3.62. The lowest BCUT2D eigenvalue weighted by Gasteiger charge is -2.24. The second-order valence-corrected chi connectivity index (χ2v) is 7.49. The lowest BCUT2D eigenvalue weighted by molar-refractivity contribution is 0.0944. The first-order chi connectivity index (χ1) is 14.5. The second-order valence-electron chi connectivity index (χ2n) is 7.49. The Kier molecular flexibility index (Phi) is 5.85. The van der Waals surface area contributed by atoms with Gasteiger partial charge in [0.2, 0.25) is 0 Å². The second kappa shape index (κ2) is 8.71. The number of nitrogens with zero attached hydrogens (tertiary/aromatic N) is 3. The third-order valence-corrected chi connectivity index (χ3v) is 5.46. The lowest BCUT2D eigenvalue weighted by Crippen LogP contribution is -2.35. The van der Waals surface area contributed by atoms with Crippen LogP contribution in [0, 0.1) is 11.6 Å². The van der Waals surface area contributed by atoms with E-state index < -0.39 is 11.6 Å². The van der Waals surface area contributed by atoms with Crippen LogP contribution in [0.4, 0.5) is 8.78 Å². The van der Waals surface area contributed by atoms with E-state index in [9.17, 15) is 13.6 Å². The minimum absolute atomic E-state index is 0.0520. The van der Waals surface area contributed by atoms with Gasteiger partial charge in [0.1, 0.15) is 11.6 Å². The van der Waals surface area contributed by atoms with E-state index in [0.717, 1.165) is 41.8 Å². The Balaban J connectivity index is 1.43. The molecule has 0 radical (unpaired) electrons. The van der Waals surface area contributed by atoms with Gasteiger partial charge in [-0.2, -0.15) is 5.10 Å². The van der Waals surface area contributed by atoms with Gasteiger partial charge in [-0.15, -0.1) is 0 Å². The highest BCUT2D eigenvalue weighted by molar-refractivity contribution is 5.94. The maximum Gasteiger partial charge on any atom is 0.272 e. The largest absolute Gasteiger partial charge is 0.347 e. The average Bonchev–Trinajstić information content (AvgIpc) is 3.09. The van der Waals surface area contributed by atoms with Gasteiger partial charge in [0.25, 0.3) is 5.91 Å². The Bertz CT molecular complexity index is 1050. The highest BCUT2D eigenvalue weighted by Gasteiger charge is 2.28. The number of aromatic nitrogens is 3. The Morgan fingerprint density at radius 3 is 2.80 bits per heavy atom. The van der Waals surface area contributed by atoms with Crippen LogP contribution in [0.15, 0.2) is 42.7 Å². The summed E-state index contributed by atoms with van der Waals surface area (Å²) in [5, 5.41) is 10.6.